The van der Waals surface area contributed by atoms with Gasteiger partial charge in [-0.3, -0.25) is 0 Å². The van der Waals surface area contributed by atoms with Gasteiger partial charge in [-0.2, -0.15) is 0 Å². The Labute approximate surface area is 89.5 Å². The zero-order valence-electron chi connectivity index (χ0n) is 9.63. The first-order valence-corrected chi connectivity index (χ1v) is 6.28. The molecule has 0 amide bonds. The molecule has 1 heterocycles. The quantitative estimate of drug-likeness (QED) is 0.728. The summed E-state index contributed by atoms with van der Waals surface area (Å²) in [6.45, 7) is 8.47. The number of hydrogen-bond acceptors (Lipinski definition) is 2. The molecule has 0 radical (unpaired) electrons. The van der Waals surface area contributed by atoms with Crippen LogP contribution in [0.5, 0.6) is 0 Å². The molecule has 0 aromatic rings. The summed E-state index contributed by atoms with van der Waals surface area (Å²) in [5.74, 6) is 0.896. The van der Waals surface area contributed by atoms with Crippen LogP contribution in [0.25, 0.3) is 0 Å². The summed E-state index contributed by atoms with van der Waals surface area (Å²) in [4.78, 5) is 2.66. The van der Waals surface area contributed by atoms with Gasteiger partial charge >= 0.3 is 0 Å². The van der Waals surface area contributed by atoms with E-state index in [0.29, 0.717) is 0 Å². The smallest absolute Gasteiger partial charge is 0.0105 e. The van der Waals surface area contributed by atoms with Gasteiger partial charge in [-0.25, -0.2) is 0 Å². The van der Waals surface area contributed by atoms with E-state index in [0.717, 1.165) is 18.0 Å². The second kappa shape index (κ2) is 4.63. The van der Waals surface area contributed by atoms with E-state index in [-0.39, 0.29) is 1.43 Å². The third kappa shape index (κ3) is 2.48. The van der Waals surface area contributed by atoms with Crippen molar-refractivity contribution in [2.45, 2.75) is 51.6 Å². The van der Waals surface area contributed by atoms with Crippen molar-refractivity contribution in [1.29, 1.82) is 0 Å². The van der Waals surface area contributed by atoms with Crippen molar-refractivity contribution in [2.24, 2.45) is 5.92 Å². The summed E-state index contributed by atoms with van der Waals surface area (Å²) in [5, 5.41) is 3.62. The van der Waals surface area contributed by atoms with Crippen molar-refractivity contribution in [3.63, 3.8) is 0 Å². The molecule has 2 atom stereocenters. The molecule has 0 bridgehead atoms. The van der Waals surface area contributed by atoms with Crippen LogP contribution in [0.4, 0.5) is 0 Å². The molecular weight excluding hydrogens is 172 g/mol. The Morgan fingerprint density at radius 3 is 2.64 bits per heavy atom. The fraction of sp³-hybridized carbons (Fsp3) is 1.00. The van der Waals surface area contributed by atoms with Crippen LogP contribution in [-0.4, -0.2) is 36.6 Å². The second-order valence-electron chi connectivity index (χ2n) is 4.98. The van der Waals surface area contributed by atoms with Crippen molar-refractivity contribution < 1.29 is 1.43 Å². The van der Waals surface area contributed by atoms with E-state index in [9.17, 15) is 0 Å². The van der Waals surface area contributed by atoms with Crippen molar-refractivity contribution in [3.8, 4) is 0 Å². The first-order chi connectivity index (χ1) is 6.81. The molecule has 2 fully saturated rings. The summed E-state index contributed by atoms with van der Waals surface area (Å²) < 4.78 is 0. The topological polar surface area (TPSA) is 15.3 Å². The maximum atomic E-state index is 3.62. The lowest BCUT2D eigenvalue weighted by Gasteiger charge is -2.23. The molecule has 1 aliphatic carbocycles. The second-order valence-corrected chi connectivity index (χ2v) is 4.98. The van der Waals surface area contributed by atoms with Gasteiger partial charge in [0.15, 0.2) is 0 Å². The molecule has 2 heteroatoms. The Balaban J connectivity index is 0.00000112. The summed E-state index contributed by atoms with van der Waals surface area (Å²) in [7, 11) is 0. The third-order valence-corrected chi connectivity index (χ3v) is 3.89. The van der Waals surface area contributed by atoms with Crippen LogP contribution in [0, 0.1) is 5.92 Å². The highest BCUT2D eigenvalue weighted by Crippen LogP contribution is 2.27. The minimum atomic E-state index is 0. The highest BCUT2D eigenvalue weighted by atomic mass is 15.2. The molecule has 1 aliphatic heterocycles. The molecule has 0 aromatic heterocycles. The van der Waals surface area contributed by atoms with Gasteiger partial charge in [0.05, 0.1) is 0 Å². The first-order valence-electron chi connectivity index (χ1n) is 6.28. The monoisotopic (exact) mass is 198 g/mol. The molecule has 2 unspecified atom stereocenters. The van der Waals surface area contributed by atoms with Crippen molar-refractivity contribution in [2.75, 3.05) is 19.6 Å². The maximum Gasteiger partial charge on any atom is 0.0105 e. The van der Waals surface area contributed by atoms with Crippen LogP contribution >= 0.6 is 0 Å². The predicted molar refractivity (Wildman–Crippen MR) is 62.6 cm³/mol. The van der Waals surface area contributed by atoms with E-state index in [4.69, 9.17) is 0 Å². The minimum absolute atomic E-state index is 0. The summed E-state index contributed by atoms with van der Waals surface area (Å²) in [6, 6.07) is 1.74. The average molecular weight is 198 g/mol. The molecule has 0 spiro atoms. The van der Waals surface area contributed by atoms with Gasteiger partial charge in [-0.1, -0.05) is 13.8 Å². The average Bonchev–Trinajstić information content (AvgIpc) is 2.93. The van der Waals surface area contributed by atoms with E-state index in [2.05, 4.69) is 24.1 Å². The third-order valence-electron chi connectivity index (χ3n) is 3.89. The van der Waals surface area contributed by atoms with Crippen LogP contribution in [-0.2, 0) is 0 Å². The molecule has 2 rings (SSSR count). The number of rotatable bonds is 5. The van der Waals surface area contributed by atoms with E-state index in [1.54, 1.807) is 0 Å². The van der Waals surface area contributed by atoms with Gasteiger partial charge in [0.1, 0.15) is 0 Å². The Morgan fingerprint density at radius 2 is 2.14 bits per heavy atom. The highest BCUT2D eigenvalue weighted by Gasteiger charge is 2.29. The summed E-state index contributed by atoms with van der Waals surface area (Å²) >= 11 is 0. The van der Waals surface area contributed by atoms with Gasteiger partial charge in [0, 0.05) is 13.5 Å². The lowest BCUT2D eigenvalue weighted by molar-refractivity contribution is 0.254. The van der Waals surface area contributed by atoms with E-state index in [1.165, 1.54) is 45.3 Å². The van der Waals surface area contributed by atoms with Gasteiger partial charge in [-0.15, -0.1) is 0 Å². The molecule has 1 N–H and O–H groups in total. The first kappa shape index (κ1) is 10.4. The fourth-order valence-electron chi connectivity index (χ4n) is 2.63. The molecule has 14 heavy (non-hydrogen) atoms. The SMILES string of the molecule is CCN(CCC1NCCC1C)C1CC1.[HH]. The lowest BCUT2D eigenvalue weighted by atomic mass is 10.0. The summed E-state index contributed by atoms with van der Waals surface area (Å²) in [5.41, 5.74) is 0. The standard InChI is InChI=1S/C12H24N2.H2/c1-3-14(11-4-5-11)9-7-12-10(2)6-8-13-12;/h10-13H,3-9H2,1-2H3;1H. The summed E-state index contributed by atoms with van der Waals surface area (Å²) in [6.07, 6.45) is 5.62. The van der Waals surface area contributed by atoms with E-state index < -0.39 is 0 Å². The van der Waals surface area contributed by atoms with E-state index in [1.807, 2.05) is 0 Å². The van der Waals surface area contributed by atoms with Gasteiger partial charge in [0.25, 0.3) is 0 Å². The van der Waals surface area contributed by atoms with Crippen LogP contribution < -0.4 is 5.32 Å². The highest BCUT2D eigenvalue weighted by molar-refractivity contribution is 4.86. The van der Waals surface area contributed by atoms with Gasteiger partial charge in [0.2, 0.25) is 0 Å². The Bertz CT molecular complexity index is 180. The minimum Gasteiger partial charge on any atom is -0.314 e. The Hall–Kier alpha value is -0.0800. The number of nitrogens with zero attached hydrogens (tertiary/aromatic N) is 1. The zero-order chi connectivity index (χ0) is 9.97. The van der Waals surface area contributed by atoms with Gasteiger partial charge in [-0.05, 0) is 51.2 Å². The molecule has 84 valence electrons. The fourth-order valence-corrected chi connectivity index (χ4v) is 2.63. The number of nitrogens with one attached hydrogen (secondary N) is 1. The van der Waals surface area contributed by atoms with Crippen LogP contribution in [0.1, 0.15) is 41.0 Å². The maximum absolute atomic E-state index is 3.62. The molecular formula is C12H26N2. The predicted octanol–water partition coefficient (Wildman–Crippen LogP) is 2.10. The molecule has 0 aromatic carbocycles. The van der Waals surface area contributed by atoms with Crippen LogP contribution in [0.2, 0.25) is 0 Å². The molecule has 2 nitrogen and oxygen atoms in total. The van der Waals surface area contributed by atoms with Crippen molar-refractivity contribution in [3.05, 3.63) is 0 Å². The molecule has 1 saturated heterocycles. The van der Waals surface area contributed by atoms with Crippen molar-refractivity contribution >= 4 is 0 Å². The van der Waals surface area contributed by atoms with Crippen LogP contribution in [0.3, 0.4) is 0 Å². The van der Waals surface area contributed by atoms with Crippen molar-refractivity contribution in [1.82, 2.24) is 10.2 Å². The van der Waals surface area contributed by atoms with Gasteiger partial charge < -0.3 is 10.2 Å². The molecule has 1 saturated carbocycles. The zero-order valence-corrected chi connectivity index (χ0v) is 9.63. The normalized spacial score (nSPS) is 32.8. The van der Waals surface area contributed by atoms with Crippen LogP contribution in [0.15, 0.2) is 0 Å². The van der Waals surface area contributed by atoms with E-state index >= 15 is 0 Å². The Kier molecular flexibility index (Phi) is 3.45. The largest absolute Gasteiger partial charge is 0.314 e. The Morgan fingerprint density at radius 1 is 1.36 bits per heavy atom. The number of hydrogen-bond donors (Lipinski definition) is 1. The molecule has 2 aliphatic rings. The lowest BCUT2D eigenvalue weighted by Crippen LogP contribution is -2.34.